The Bertz CT molecular complexity index is 1080. The first-order valence-electron chi connectivity index (χ1n) is 10.3. The summed E-state index contributed by atoms with van der Waals surface area (Å²) in [6, 6.07) is 26.7. The minimum Gasteiger partial charge on any atom is -0.511 e. The molecule has 1 atom stereocenters. The number of ether oxygens (including phenoxy) is 2. The third-order valence-electron chi connectivity index (χ3n) is 5.27. The number of rotatable bonds is 7. The number of aryl methyl sites for hydroxylation is 1. The van der Waals surface area contributed by atoms with Crippen LogP contribution >= 0.6 is 11.8 Å². The number of benzene rings is 3. The number of para-hydroxylation sites is 1. The maximum absolute atomic E-state index is 13.1. The van der Waals surface area contributed by atoms with Crippen LogP contribution in [0, 0.1) is 0 Å². The molecule has 4 rings (SSSR count). The number of esters is 1. The summed E-state index contributed by atoms with van der Waals surface area (Å²) in [7, 11) is 0. The van der Waals surface area contributed by atoms with Crippen LogP contribution in [-0.4, -0.2) is 17.7 Å². The number of carbonyl (C=O) groups excluding carboxylic acids is 1. The Morgan fingerprint density at radius 3 is 2.29 bits per heavy atom. The van der Waals surface area contributed by atoms with Gasteiger partial charge in [-0.2, -0.15) is 0 Å². The van der Waals surface area contributed by atoms with Gasteiger partial charge in [-0.1, -0.05) is 85.4 Å². The molecule has 1 unspecified atom stereocenters. The van der Waals surface area contributed by atoms with Crippen LogP contribution in [0.25, 0.3) is 0 Å². The third kappa shape index (κ3) is 4.62. The van der Waals surface area contributed by atoms with Gasteiger partial charge in [0.2, 0.25) is 0 Å². The molecule has 0 spiro atoms. The van der Waals surface area contributed by atoms with Gasteiger partial charge in [-0.25, -0.2) is 4.79 Å². The van der Waals surface area contributed by atoms with Crippen LogP contribution in [0.1, 0.15) is 24.5 Å². The highest BCUT2D eigenvalue weighted by Crippen LogP contribution is 2.43. The van der Waals surface area contributed by atoms with Crippen LogP contribution in [0.2, 0.25) is 0 Å². The Balaban J connectivity index is 1.65. The fourth-order valence-corrected chi connectivity index (χ4v) is 4.64. The lowest BCUT2D eigenvalue weighted by atomic mass is 9.88. The SMILES string of the molecule is CCc1ccccc1SC1=C(O)CC(COc2ccccc2)(c2ccccc2)OC1=O. The molecule has 1 heterocycles. The predicted molar refractivity (Wildman–Crippen MR) is 122 cm³/mol. The minimum atomic E-state index is -1.10. The molecule has 0 saturated carbocycles. The highest BCUT2D eigenvalue weighted by atomic mass is 32.2. The second-order valence-electron chi connectivity index (χ2n) is 7.37. The van der Waals surface area contributed by atoms with Crippen LogP contribution in [0.4, 0.5) is 0 Å². The molecular weight excluding hydrogens is 408 g/mol. The molecule has 1 N–H and O–H groups in total. The van der Waals surface area contributed by atoms with E-state index in [1.807, 2.05) is 84.9 Å². The maximum Gasteiger partial charge on any atom is 0.349 e. The van der Waals surface area contributed by atoms with Crippen molar-refractivity contribution < 1.29 is 19.4 Å². The first kappa shape index (κ1) is 21.1. The minimum absolute atomic E-state index is 0.0210. The summed E-state index contributed by atoms with van der Waals surface area (Å²) < 4.78 is 12.0. The molecule has 5 heteroatoms. The fourth-order valence-electron chi connectivity index (χ4n) is 3.62. The van der Waals surface area contributed by atoms with Crippen molar-refractivity contribution in [2.45, 2.75) is 30.3 Å². The summed E-state index contributed by atoms with van der Waals surface area (Å²) in [6.07, 6.45) is 0.983. The molecule has 4 nitrogen and oxygen atoms in total. The quantitative estimate of drug-likeness (QED) is 0.462. The molecular formula is C26H24O4S. The highest BCUT2D eigenvalue weighted by Gasteiger charge is 2.45. The van der Waals surface area contributed by atoms with Gasteiger partial charge in [-0.3, -0.25) is 0 Å². The van der Waals surface area contributed by atoms with Crippen molar-refractivity contribution in [3.05, 3.63) is 107 Å². The lowest BCUT2D eigenvalue weighted by molar-refractivity contribution is -0.163. The molecule has 0 radical (unpaired) electrons. The Labute approximate surface area is 186 Å². The molecule has 0 amide bonds. The summed E-state index contributed by atoms with van der Waals surface area (Å²) in [6.45, 7) is 2.16. The zero-order valence-corrected chi connectivity index (χ0v) is 18.1. The van der Waals surface area contributed by atoms with E-state index in [9.17, 15) is 9.90 Å². The molecule has 1 aliphatic rings. The average Bonchev–Trinajstić information content (AvgIpc) is 2.81. The van der Waals surface area contributed by atoms with Gasteiger partial charge in [-0.05, 0) is 35.7 Å². The molecule has 1 aliphatic heterocycles. The standard InChI is InChI=1S/C26H24O4S/c1-2-19-11-9-10-16-23(19)31-24-22(27)17-26(30-25(24)28,20-12-5-3-6-13-20)18-29-21-14-7-4-8-15-21/h3-16,27H,2,17-18H2,1H3. The molecule has 158 valence electrons. The monoisotopic (exact) mass is 432 g/mol. The second kappa shape index (κ2) is 9.31. The zero-order valence-electron chi connectivity index (χ0n) is 17.3. The Morgan fingerprint density at radius 1 is 0.968 bits per heavy atom. The number of aliphatic hydroxyl groups is 1. The lowest BCUT2D eigenvalue weighted by Crippen LogP contribution is -2.42. The molecule has 0 saturated heterocycles. The zero-order chi connectivity index (χ0) is 21.7. The fraction of sp³-hybridized carbons (Fsp3) is 0.192. The van der Waals surface area contributed by atoms with Crippen LogP contribution in [0.5, 0.6) is 5.75 Å². The summed E-state index contributed by atoms with van der Waals surface area (Å²) in [5, 5.41) is 11.0. The molecule has 0 bridgehead atoms. The van der Waals surface area contributed by atoms with E-state index in [-0.39, 0.29) is 23.7 Å². The summed E-state index contributed by atoms with van der Waals surface area (Å²) in [5.41, 5.74) is 0.795. The molecule has 31 heavy (non-hydrogen) atoms. The molecule has 0 fully saturated rings. The van der Waals surface area contributed by atoms with Crippen molar-refractivity contribution in [1.82, 2.24) is 0 Å². The second-order valence-corrected chi connectivity index (χ2v) is 8.42. The van der Waals surface area contributed by atoms with E-state index in [2.05, 4.69) is 6.92 Å². The molecule has 0 aliphatic carbocycles. The van der Waals surface area contributed by atoms with Crippen molar-refractivity contribution in [3.8, 4) is 5.75 Å². The largest absolute Gasteiger partial charge is 0.511 e. The lowest BCUT2D eigenvalue weighted by Gasteiger charge is -2.37. The van der Waals surface area contributed by atoms with Gasteiger partial charge in [0, 0.05) is 4.90 Å². The number of thioether (sulfide) groups is 1. The van der Waals surface area contributed by atoms with E-state index < -0.39 is 11.6 Å². The summed E-state index contributed by atoms with van der Waals surface area (Å²) in [5.74, 6) is 0.155. The summed E-state index contributed by atoms with van der Waals surface area (Å²) in [4.78, 5) is 14.3. The Morgan fingerprint density at radius 2 is 1.61 bits per heavy atom. The van der Waals surface area contributed by atoms with Crippen molar-refractivity contribution in [2.75, 3.05) is 6.61 Å². The first-order valence-corrected chi connectivity index (χ1v) is 11.1. The molecule has 0 aromatic heterocycles. The van der Waals surface area contributed by atoms with Gasteiger partial charge < -0.3 is 14.6 Å². The van der Waals surface area contributed by atoms with E-state index in [0.29, 0.717) is 5.75 Å². The van der Waals surface area contributed by atoms with E-state index >= 15 is 0 Å². The van der Waals surface area contributed by atoms with Crippen LogP contribution in [0.15, 0.2) is 100 Å². The van der Waals surface area contributed by atoms with E-state index in [1.54, 1.807) is 0 Å². The highest BCUT2D eigenvalue weighted by molar-refractivity contribution is 8.04. The average molecular weight is 433 g/mol. The van der Waals surface area contributed by atoms with Crippen molar-refractivity contribution in [3.63, 3.8) is 0 Å². The van der Waals surface area contributed by atoms with Gasteiger partial charge in [0.1, 0.15) is 23.0 Å². The van der Waals surface area contributed by atoms with Crippen molar-refractivity contribution in [2.24, 2.45) is 0 Å². The van der Waals surface area contributed by atoms with E-state index in [4.69, 9.17) is 9.47 Å². The number of hydrogen-bond donors (Lipinski definition) is 1. The topological polar surface area (TPSA) is 55.8 Å². The number of carbonyl (C=O) groups is 1. The van der Waals surface area contributed by atoms with Gasteiger partial charge in [0.05, 0.1) is 6.42 Å². The van der Waals surface area contributed by atoms with Crippen molar-refractivity contribution in [1.29, 1.82) is 0 Å². The van der Waals surface area contributed by atoms with E-state index in [1.165, 1.54) is 11.8 Å². The van der Waals surface area contributed by atoms with Gasteiger partial charge >= 0.3 is 5.97 Å². The summed E-state index contributed by atoms with van der Waals surface area (Å²) >= 11 is 1.26. The number of hydrogen-bond acceptors (Lipinski definition) is 5. The van der Waals surface area contributed by atoms with Crippen molar-refractivity contribution >= 4 is 17.7 Å². The normalized spacial score (nSPS) is 18.5. The van der Waals surface area contributed by atoms with E-state index in [0.717, 1.165) is 22.4 Å². The maximum atomic E-state index is 13.1. The van der Waals surface area contributed by atoms with Gasteiger partial charge in [0.15, 0.2) is 5.60 Å². The Hall–Kier alpha value is -3.18. The predicted octanol–water partition coefficient (Wildman–Crippen LogP) is 6.03. The molecule has 3 aromatic carbocycles. The Kier molecular flexibility index (Phi) is 6.33. The van der Waals surface area contributed by atoms with Crippen LogP contribution < -0.4 is 4.74 Å². The first-order chi connectivity index (χ1) is 15.1. The van der Waals surface area contributed by atoms with Crippen LogP contribution in [0.3, 0.4) is 0 Å². The van der Waals surface area contributed by atoms with Crippen LogP contribution in [-0.2, 0) is 21.6 Å². The number of cyclic esters (lactones) is 1. The third-order valence-corrected chi connectivity index (χ3v) is 6.49. The van der Waals surface area contributed by atoms with Gasteiger partial charge in [0.25, 0.3) is 0 Å². The smallest absolute Gasteiger partial charge is 0.349 e. The number of aliphatic hydroxyl groups excluding tert-OH is 1. The van der Waals surface area contributed by atoms with Gasteiger partial charge in [-0.15, -0.1) is 0 Å². The molecule has 3 aromatic rings.